The maximum absolute atomic E-state index is 11.8. The van der Waals surface area contributed by atoms with Gasteiger partial charge in [0.25, 0.3) is 5.69 Å². The Morgan fingerprint density at radius 1 is 1.48 bits per heavy atom. The molecule has 1 aliphatic rings. The van der Waals surface area contributed by atoms with E-state index in [9.17, 15) is 28.4 Å². The van der Waals surface area contributed by atoms with Gasteiger partial charge in [0.15, 0.2) is 0 Å². The minimum Gasteiger partial charge on any atom is -0.481 e. The van der Waals surface area contributed by atoms with Crippen molar-refractivity contribution in [3.63, 3.8) is 0 Å². The summed E-state index contributed by atoms with van der Waals surface area (Å²) in [5, 5.41) is 20.5. The van der Waals surface area contributed by atoms with Gasteiger partial charge in [0.2, 0.25) is 10.0 Å². The Hall–Kier alpha value is -2.20. The van der Waals surface area contributed by atoms with Gasteiger partial charge in [-0.25, -0.2) is 13.1 Å². The number of rotatable bonds is 5. The van der Waals surface area contributed by atoms with Crippen LogP contribution in [0.15, 0.2) is 23.1 Å². The first-order valence-corrected chi connectivity index (χ1v) is 8.29. The average Bonchev–Trinajstić information content (AvgIpc) is 2.90. The smallest absolute Gasteiger partial charge is 0.311 e. The molecule has 10 heteroatoms. The van der Waals surface area contributed by atoms with E-state index in [4.69, 9.17) is 0 Å². The zero-order valence-corrected chi connectivity index (χ0v) is 13.5. The summed E-state index contributed by atoms with van der Waals surface area (Å²) in [5.74, 6) is -0.961. The van der Waals surface area contributed by atoms with Gasteiger partial charge in [-0.2, -0.15) is 0 Å². The summed E-state index contributed by atoms with van der Waals surface area (Å²) in [5.41, 5.74) is -1.13. The molecule has 0 amide bonds. The molecule has 1 aromatic rings. The number of aliphatic carboxylic acids is 1. The number of nitro groups is 1. The van der Waals surface area contributed by atoms with Crippen LogP contribution in [0.25, 0.3) is 0 Å². The number of sulfonamides is 1. The van der Waals surface area contributed by atoms with Crippen LogP contribution in [-0.4, -0.2) is 44.6 Å². The number of hydrogen-bond acceptors (Lipinski definition) is 6. The van der Waals surface area contributed by atoms with E-state index in [0.717, 1.165) is 6.07 Å². The summed E-state index contributed by atoms with van der Waals surface area (Å²) in [6, 6.07) is 3.60. The first-order valence-electron chi connectivity index (χ1n) is 6.81. The van der Waals surface area contributed by atoms with Crippen molar-refractivity contribution in [3.05, 3.63) is 28.3 Å². The Morgan fingerprint density at radius 3 is 2.61 bits per heavy atom. The highest BCUT2D eigenvalue weighted by Gasteiger charge is 2.42. The molecular formula is C13H17N3O6S. The van der Waals surface area contributed by atoms with E-state index in [2.05, 4.69) is 4.72 Å². The molecule has 23 heavy (non-hydrogen) atoms. The number of carboxylic acid groups (broad SMARTS) is 1. The molecule has 1 heterocycles. The molecule has 0 bridgehead atoms. The number of carboxylic acids is 1. The van der Waals surface area contributed by atoms with Gasteiger partial charge >= 0.3 is 5.97 Å². The number of carbonyl (C=O) groups is 1. The number of benzene rings is 1. The molecule has 1 fully saturated rings. The van der Waals surface area contributed by atoms with Crippen LogP contribution in [0.1, 0.15) is 13.3 Å². The minimum absolute atomic E-state index is 0.126. The second-order valence-electron chi connectivity index (χ2n) is 5.65. The molecule has 0 radical (unpaired) electrons. The van der Waals surface area contributed by atoms with Crippen molar-refractivity contribution in [2.24, 2.45) is 5.41 Å². The third-order valence-corrected chi connectivity index (χ3v) is 5.46. The van der Waals surface area contributed by atoms with Crippen molar-refractivity contribution in [2.75, 3.05) is 25.0 Å². The molecule has 0 saturated carbocycles. The third kappa shape index (κ3) is 3.13. The summed E-state index contributed by atoms with van der Waals surface area (Å²) in [7, 11) is -2.58. The minimum atomic E-state index is -3.80. The van der Waals surface area contributed by atoms with Crippen LogP contribution in [0, 0.1) is 15.5 Å². The van der Waals surface area contributed by atoms with Crippen molar-refractivity contribution in [1.82, 2.24) is 4.72 Å². The lowest BCUT2D eigenvalue weighted by Crippen LogP contribution is -2.32. The van der Waals surface area contributed by atoms with Crippen LogP contribution >= 0.6 is 0 Å². The first-order chi connectivity index (χ1) is 10.6. The second kappa shape index (κ2) is 5.78. The summed E-state index contributed by atoms with van der Waals surface area (Å²) >= 11 is 0. The predicted octanol–water partition coefficient (Wildman–Crippen LogP) is 0.804. The van der Waals surface area contributed by atoms with Gasteiger partial charge in [0.1, 0.15) is 5.69 Å². The molecule has 0 aromatic heterocycles. The van der Waals surface area contributed by atoms with Crippen molar-refractivity contribution >= 4 is 27.4 Å². The van der Waals surface area contributed by atoms with E-state index in [1.54, 1.807) is 11.8 Å². The lowest BCUT2D eigenvalue weighted by Gasteiger charge is -2.21. The topological polar surface area (TPSA) is 130 Å². The maximum atomic E-state index is 11.8. The highest BCUT2D eigenvalue weighted by Crippen LogP contribution is 2.38. The molecule has 2 rings (SSSR count). The standard InChI is InChI=1S/C13H17N3O6S/c1-13(12(17)18)5-6-15(8-13)10-4-3-9(23(21,22)14-2)7-11(10)16(19)20/h3-4,7,14H,5-6,8H2,1-2H3,(H,17,18). The number of hydrogen-bond donors (Lipinski definition) is 2. The van der Waals surface area contributed by atoms with Crippen LogP contribution in [0.5, 0.6) is 0 Å². The molecule has 1 aliphatic heterocycles. The third-order valence-electron chi connectivity index (χ3n) is 4.05. The number of nitro benzene ring substituents is 1. The van der Waals surface area contributed by atoms with Gasteiger partial charge in [0, 0.05) is 19.2 Å². The molecular weight excluding hydrogens is 326 g/mol. The number of nitrogens with zero attached hydrogens (tertiary/aromatic N) is 2. The number of anilines is 1. The molecule has 1 saturated heterocycles. The van der Waals surface area contributed by atoms with Crippen LogP contribution in [0.4, 0.5) is 11.4 Å². The zero-order chi connectivity index (χ0) is 17.4. The van der Waals surface area contributed by atoms with Crippen LogP contribution < -0.4 is 9.62 Å². The zero-order valence-electron chi connectivity index (χ0n) is 12.6. The fourth-order valence-corrected chi connectivity index (χ4v) is 3.29. The van der Waals surface area contributed by atoms with Crippen LogP contribution in [0.3, 0.4) is 0 Å². The van der Waals surface area contributed by atoms with E-state index in [1.807, 2.05) is 0 Å². The molecule has 0 spiro atoms. The van der Waals surface area contributed by atoms with E-state index >= 15 is 0 Å². The number of nitrogens with one attached hydrogen (secondary N) is 1. The van der Waals surface area contributed by atoms with Crippen molar-refractivity contribution in [3.8, 4) is 0 Å². The average molecular weight is 343 g/mol. The van der Waals surface area contributed by atoms with Gasteiger partial charge in [-0.15, -0.1) is 0 Å². The molecule has 0 aliphatic carbocycles. The predicted molar refractivity (Wildman–Crippen MR) is 81.9 cm³/mol. The lowest BCUT2D eigenvalue weighted by atomic mass is 9.90. The summed E-state index contributed by atoms with van der Waals surface area (Å²) in [6.45, 7) is 2.06. The molecule has 1 aromatic carbocycles. The quantitative estimate of drug-likeness (QED) is 0.597. The Balaban J connectivity index is 2.45. The van der Waals surface area contributed by atoms with Gasteiger partial charge < -0.3 is 10.0 Å². The Labute approximate surface area is 133 Å². The van der Waals surface area contributed by atoms with E-state index in [1.165, 1.54) is 19.2 Å². The van der Waals surface area contributed by atoms with Crippen LogP contribution in [0.2, 0.25) is 0 Å². The fourth-order valence-electron chi connectivity index (χ4n) is 2.54. The Kier molecular flexibility index (Phi) is 4.31. The second-order valence-corrected chi connectivity index (χ2v) is 7.54. The first kappa shape index (κ1) is 17.2. The van der Waals surface area contributed by atoms with Crippen molar-refractivity contribution in [1.29, 1.82) is 0 Å². The monoisotopic (exact) mass is 343 g/mol. The van der Waals surface area contributed by atoms with Crippen molar-refractivity contribution < 1.29 is 23.2 Å². The Bertz CT molecular complexity index is 763. The summed E-state index contributed by atoms with van der Waals surface area (Å²) < 4.78 is 25.7. The van der Waals surface area contributed by atoms with E-state index in [-0.39, 0.29) is 22.8 Å². The molecule has 2 N–H and O–H groups in total. The van der Waals surface area contributed by atoms with Gasteiger partial charge in [0.05, 0.1) is 15.2 Å². The maximum Gasteiger partial charge on any atom is 0.311 e. The van der Waals surface area contributed by atoms with Crippen LogP contribution in [-0.2, 0) is 14.8 Å². The highest BCUT2D eigenvalue weighted by molar-refractivity contribution is 7.89. The largest absolute Gasteiger partial charge is 0.481 e. The fraction of sp³-hybridized carbons (Fsp3) is 0.462. The highest BCUT2D eigenvalue weighted by atomic mass is 32.2. The molecule has 126 valence electrons. The van der Waals surface area contributed by atoms with Crippen molar-refractivity contribution in [2.45, 2.75) is 18.2 Å². The van der Waals surface area contributed by atoms with Gasteiger partial charge in [-0.05, 0) is 32.5 Å². The lowest BCUT2D eigenvalue weighted by molar-refractivity contribution is -0.384. The van der Waals surface area contributed by atoms with Gasteiger partial charge in [-0.1, -0.05) is 0 Å². The van der Waals surface area contributed by atoms with E-state index in [0.29, 0.717) is 13.0 Å². The van der Waals surface area contributed by atoms with E-state index < -0.39 is 26.3 Å². The summed E-state index contributed by atoms with van der Waals surface area (Å²) in [4.78, 5) is 23.3. The normalized spacial score (nSPS) is 21.4. The molecule has 1 unspecified atom stereocenters. The van der Waals surface area contributed by atoms with Gasteiger partial charge in [-0.3, -0.25) is 14.9 Å². The molecule has 1 atom stereocenters. The SMILES string of the molecule is CNS(=O)(=O)c1ccc(N2CCC(C)(C(=O)O)C2)c([N+](=O)[O-])c1. The molecule has 9 nitrogen and oxygen atoms in total. The summed E-state index contributed by atoms with van der Waals surface area (Å²) in [6.07, 6.45) is 0.357. The Morgan fingerprint density at radius 2 is 2.13 bits per heavy atom.